The van der Waals surface area contributed by atoms with Crippen LogP contribution in [0.5, 0.6) is 0 Å². The van der Waals surface area contributed by atoms with Crippen LogP contribution in [0.1, 0.15) is 46.9 Å². The Morgan fingerprint density at radius 3 is 2.29 bits per heavy atom. The molecule has 0 aliphatic carbocycles. The molecule has 2 N–H and O–H groups in total. The zero-order chi connectivity index (χ0) is 23.9. The van der Waals surface area contributed by atoms with Gasteiger partial charge in [-0.25, -0.2) is 0 Å². The highest BCUT2D eigenvalue weighted by Crippen LogP contribution is 2.28. The summed E-state index contributed by atoms with van der Waals surface area (Å²) in [6.07, 6.45) is 2.67. The second-order valence-corrected chi connectivity index (χ2v) is 8.86. The lowest BCUT2D eigenvalue weighted by Crippen LogP contribution is -2.14. The first-order valence-electron chi connectivity index (χ1n) is 11.8. The first-order chi connectivity index (χ1) is 16.5. The van der Waals surface area contributed by atoms with Crippen molar-refractivity contribution in [3.05, 3.63) is 114 Å². The maximum Gasteiger partial charge on any atom is 0.256 e. The molecule has 4 aromatic rings. The average molecular weight is 450 g/mol. The van der Waals surface area contributed by atoms with Crippen molar-refractivity contribution < 1.29 is 4.79 Å². The molecule has 0 bridgehead atoms. The highest BCUT2D eigenvalue weighted by atomic mass is 16.1. The summed E-state index contributed by atoms with van der Waals surface area (Å²) in [5.74, 6) is 0.240. The fraction of sp³-hybridized carbons (Fsp3) is 0.200. The fourth-order valence-electron chi connectivity index (χ4n) is 3.84. The number of amides is 1. The smallest absolute Gasteiger partial charge is 0.256 e. The van der Waals surface area contributed by atoms with Gasteiger partial charge in [-0.3, -0.25) is 9.78 Å². The Labute approximate surface area is 202 Å². The topological polar surface area (TPSA) is 54.0 Å². The van der Waals surface area contributed by atoms with Gasteiger partial charge in [0, 0.05) is 41.8 Å². The Balaban J connectivity index is 1.47. The summed E-state index contributed by atoms with van der Waals surface area (Å²) in [6.45, 7) is 7.14. The lowest BCUT2D eigenvalue weighted by Gasteiger charge is -2.15. The van der Waals surface area contributed by atoms with Crippen molar-refractivity contribution in [3.63, 3.8) is 0 Å². The van der Waals surface area contributed by atoms with Gasteiger partial charge in [0.15, 0.2) is 0 Å². The number of nitrogens with zero attached hydrogens (tertiary/aromatic N) is 1. The van der Waals surface area contributed by atoms with E-state index < -0.39 is 0 Å². The number of anilines is 2. The van der Waals surface area contributed by atoms with E-state index in [9.17, 15) is 4.79 Å². The molecule has 0 aliphatic rings. The van der Waals surface area contributed by atoms with Crippen molar-refractivity contribution in [2.45, 2.75) is 33.1 Å². The molecule has 1 heterocycles. The first kappa shape index (κ1) is 23.2. The Bertz CT molecular complexity index is 1230. The summed E-state index contributed by atoms with van der Waals surface area (Å²) in [4.78, 5) is 17.7. The number of benzene rings is 3. The third-order valence-electron chi connectivity index (χ3n) is 5.90. The van der Waals surface area contributed by atoms with Gasteiger partial charge in [-0.05, 0) is 72.0 Å². The number of rotatable bonds is 8. The van der Waals surface area contributed by atoms with E-state index in [1.807, 2.05) is 54.7 Å². The van der Waals surface area contributed by atoms with E-state index in [0.717, 1.165) is 46.7 Å². The van der Waals surface area contributed by atoms with Crippen LogP contribution in [0.3, 0.4) is 0 Å². The monoisotopic (exact) mass is 449 g/mol. The number of aromatic nitrogens is 1. The molecular weight excluding hydrogens is 418 g/mol. The summed E-state index contributed by atoms with van der Waals surface area (Å²) in [6, 6.07) is 28.3. The van der Waals surface area contributed by atoms with Crippen LogP contribution in [0.15, 0.2) is 91.1 Å². The van der Waals surface area contributed by atoms with Crippen LogP contribution in [0.4, 0.5) is 11.4 Å². The zero-order valence-corrected chi connectivity index (χ0v) is 20.0. The molecule has 1 aromatic heterocycles. The molecule has 0 unspecified atom stereocenters. The maximum atomic E-state index is 13.3. The third kappa shape index (κ3) is 5.90. The van der Waals surface area contributed by atoms with Crippen molar-refractivity contribution in [2.75, 3.05) is 17.2 Å². The van der Waals surface area contributed by atoms with Crippen LogP contribution in [-0.4, -0.2) is 17.4 Å². The zero-order valence-electron chi connectivity index (χ0n) is 20.0. The molecule has 0 saturated heterocycles. The number of pyridine rings is 1. The summed E-state index contributed by atoms with van der Waals surface area (Å²) in [5.41, 5.74) is 7.85. The summed E-state index contributed by atoms with van der Waals surface area (Å²) >= 11 is 0. The maximum absolute atomic E-state index is 13.3. The lowest BCUT2D eigenvalue weighted by atomic mass is 9.93. The van der Waals surface area contributed by atoms with Gasteiger partial charge < -0.3 is 10.6 Å². The van der Waals surface area contributed by atoms with Gasteiger partial charge in [-0.1, -0.05) is 61.9 Å². The molecule has 0 aliphatic heterocycles. The fourth-order valence-corrected chi connectivity index (χ4v) is 3.84. The second-order valence-electron chi connectivity index (χ2n) is 8.86. The number of hydrogen-bond acceptors (Lipinski definition) is 3. The molecule has 0 radical (unpaired) electrons. The molecule has 0 fully saturated rings. The van der Waals surface area contributed by atoms with Crippen LogP contribution in [0.2, 0.25) is 0 Å². The van der Waals surface area contributed by atoms with Crippen LogP contribution in [0, 0.1) is 6.92 Å². The second kappa shape index (κ2) is 10.8. The standard InChI is InChI=1S/C30H31N3O/c1-21(2)24-11-16-28(23-9-7-22(3)8-10-23)29(20-24)30(34)33-27-14-12-26(13-15-27)32-19-17-25-6-4-5-18-31-25/h4-16,18,20-21,32H,17,19H2,1-3H3,(H,33,34). The number of nitrogens with one attached hydrogen (secondary N) is 2. The predicted octanol–water partition coefficient (Wildman–Crippen LogP) is 7.09. The molecule has 172 valence electrons. The van der Waals surface area contributed by atoms with E-state index >= 15 is 0 Å². The Morgan fingerprint density at radius 1 is 0.882 bits per heavy atom. The van der Waals surface area contributed by atoms with Crippen LogP contribution in [-0.2, 0) is 6.42 Å². The van der Waals surface area contributed by atoms with E-state index in [4.69, 9.17) is 0 Å². The van der Waals surface area contributed by atoms with Gasteiger partial charge in [0.1, 0.15) is 0 Å². The summed E-state index contributed by atoms with van der Waals surface area (Å²) in [7, 11) is 0. The van der Waals surface area contributed by atoms with Gasteiger partial charge in [-0.2, -0.15) is 0 Å². The molecule has 4 rings (SSSR count). The van der Waals surface area contributed by atoms with Gasteiger partial charge in [0.25, 0.3) is 5.91 Å². The summed E-state index contributed by atoms with van der Waals surface area (Å²) in [5, 5.41) is 6.49. The van der Waals surface area contributed by atoms with Gasteiger partial charge >= 0.3 is 0 Å². The van der Waals surface area contributed by atoms with Crippen molar-refractivity contribution in [3.8, 4) is 11.1 Å². The summed E-state index contributed by atoms with van der Waals surface area (Å²) < 4.78 is 0. The number of hydrogen-bond donors (Lipinski definition) is 2. The van der Waals surface area contributed by atoms with Gasteiger partial charge in [0.2, 0.25) is 0 Å². The minimum atomic E-state index is -0.103. The molecular formula is C30H31N3O. The molecule has 0 spiro atoms. The highest BCUT2D eigenvalue weighted by molar-refractivity contribution is 6.09. The highest BCUT2D eigenvalue weighted by Gasteiger charge is 2.15. The molecule has 4 heteroatoms. The van der Waals surface area contributed by atoms with Crippen molar-refractivity contribution >= 4 is 17.3 Å². The Morgan fingerprint density at radius 2 is 1.62 bits per heavy atom. The van der Waals surface area contributed by atoms with Gasteiger partial charge in [-0.15, -0.1) is 0 Å². The number of carbonyl (C=O) groups excluding carboxylic acids is 1. The molecule has 3 aromatic carbocycles. The molecule has 1 amide bonds. The average Bonchev–Trinajstić information content (AvgIpc) is 2.86. The SMILES string of the molecule is Cc1ccc(-c2ccc(C(C)C)cc2C(=O)Nc2ccc(NCCc3ccccn3)cc2)cc1. The minimum Gasteiger partial charge on any atom is -0.385 e. The minimum absolute atomic E-state index is 0.103. The first-order valence-corrected chi connectivity index (χ1v) is 11.8. The van der Waals surface area contributed by atoms with Crippen LogP contribution < -0.4 is 10.6 Å². The van der Waals surface area contributed by atoms with E-state index in [-0.39, 0.29) is 5.91 Å². The number of carbonyl (C=O) groups is 1. The largest absolute Gasteiger partial charge is 0.385 e. The molecule has 0 atom stereocenters. The molecule has 34 heavy (non-hydrogen) atoms. The van der Waals surface area contributed by atoms with E-state index in [1.54, 1.807) is 0 Å². The molecule has 4 nitrogen and oxygen atoms in total. The van der Waals surface area contributed by atoms with E-state index in [0.29, 0.717) is 11.5 Å². The van der Waals surface area contributed by atoms with Crippen molar-refractivity contribution in [1.82, 2.24) is 4.98 Å². The lowest BCUT2D eigenvalue weighted by molar-refractivity contribution is 0.102. The third-order valence-corrected chi connectivity index (χ3v) is 5.90. The van der Waals surface area contributed by atoms with Crippen LogP contribution >= 0.6 is 0 Å². The normalized spacial score (nSPS) is 10.8. The molecule has 0 saturated carbocycles. The number of aryl methyl sites for hydroxylation is 1. The van der Waals surface area contributed by atoms with Crippen LogP contribution in [0.25, 0.3) is 11.1 Å². The Kier molecular flexibility index (Phi) is 7.38. The van der Waals surface area contributed by atoms with Gasteiger partial charge in [0.05, 0.1) is 0 Å². The van der Waals surface area contributed by atoms with Crippen molar-refractivity contribution in [2.24, 2.45) is 0 Å². The van der Waals surface area contributed by atoms with E-state index in [1.165, 1.54) is 5.56 Å². The van der Waals surface area contributed by atoms with E-state index in [2.05, 4.69) is 72.8 Å². The quantitative estimate of drug-likeness (QED) is 0.302. The Hall–Kier alpha value is -3.92. The predicted molar refractivity (Wildman–Crippen MR) is 142 cm³/mol. The van der Waals surface area contributed by atoms with Crippen molar-refractivity contribution in [1.29, 1.82) is 0 Å².